The molecule has 0 fully saturated rings. The Balaban J connectivity index is 3.11. The molecule has 0 bridgehead atoms. The largest absolute Gasteiger partial charge is 0.494 e. The molecule has 1 aromatic rings. The van der Waals surface area contributed by atoms with Crippen LogP contribution in [0.4, 0.5) is 0 Å². The second-order valence-electron chi connectivity index (χ2n) is 3.37. The van der Waals surface area contributed by atoms with Gasteiger partial charge in [-0.1, -0.05) is 37.9 Å². The number of benzene rings is 1. The third kappa shape index (κ3) is 3.32. The number of hydrogen-bond donors (Lipinski definition) is 0. The van der Waals surface area contributed by atoms with Crippen molar-refractivity contribution in [2.24, 2.45) is 0 Å². The molecule has 0 radical (unpaired) electrons. The summed E-state index contributed by atoms with van der Waals surface area (Å²) in [4.78, 5) is 11.8. The Kier molecular flexibility index (Phi) is 5.49. The number of carbonyl (C=O) groups is 1. The fourth-order valence-corrected chi connectivity index (χ4v) is 2.11. The minimum Gasteiger partial charge on any atom is -0.494 e. The molecule has 0 aliphatic heterocycles. The smallest absolute Gasteiger partial charge is 0.176 e. The van der Waals surface area contributed by atoms with Gasteiger partial charge in [-0.25, -0.2) is 0 Å². The predicted molar refractivity (Wildman–Crippen MR) is 73.0 cm³/mol. The first kappa shape index (κ1) is 13.7. The van der Waals surface area contributed by atoms with Crippen molar-refractivity contribution in [3.05, 3.63) is 29.3 Å². The Morgan fingerprint density at radius 1 is 1.50 bits per heavy atom. The maximum Gasteiger partial charge on any atom is 0.176 e. The van der Waals surface area contributed by atoms with Crippen LogP contribution < -0.4 is 4.74 Å². The van der Waals surface area contributed by atoms with E-state index in [1.807, 2.05) is 26.0 Å². The molecule has 0 spiro atoms. The van der Waals surface area contributed by atoms with E-state index in [2.05, 4.69) is 31.9 Å². The number of hydrogen-bond acceptors (Lipinski definition) is 2. The van der Waals surface area contributed by atoms with E-state index in [0.717, 1.165) is 11.3 Å². The molecule has 0 N–H and O–H groups in total. The van der Waals surface area contributed by atoms with Crippen LogP contribution in [0.3, 0.4) is 0 Å². The van der Waals surface area contributed by atoms with Gasteiger partial charge in [0.1, 0.15) is 5.75 Å². The van der Waals surface area contributed by atoms with E-state index in [1.54, 1.807) is 6.07 Å². The minimum absolute atomic E-state index is 0.0796. The lowest BCUT2D eigenvalue weighted by atomic mass is 10.0. The summed E-state index contributed by atoms with van der Waals surface area (Å²) in [5.41, 5.74) is 1.70. The van der Waals surface area contributed by atoms with Gasteiger partial charge in [0.2, 0.25) is 0 Å². The molecular weight excluding hydrogens is 336 g/mol. The van der Waals surface area contributed by atoms with E-state index in [0.29, 0.717) is 17.5 Å². The summed E-state index contributed by atoms with van der Waals surface area (Å²) >= 11 is 6.68. The maximum atomic E-state index is 12.0. The lowest BCUT2D eigenvalue weighted by Crippen LogP contribution is -2.12. The van der Waals surface area contributed by atoms with Gasteiger partial charge in [-0.3, -0.25) is 4.79 Å². The van der Waals surface area contributed by atoms with E-state index in [1.165, 1.54) is 0 Å². The molecule has 16 heavy (non-hydrogen) atoms. The highest BCUT2D eigenvalue weighted by atomic mass is 79.9. The molecule has 0 amide bonds. The SMILES string of the molecule is CCOc1ccc(CBr)c(C(=O)C(C)Br)c1. The van der Waals surface area contributed by atoms with Crippen LogP contribution in [-0.2, 0) is 5.33 Å². The average Bonchev–Trinajstić information content (AvgIpc) is 2.28. The van der Waals surface area contributed by atoms with Crippen LogP contribution in [0, 0.1) is 0 Å². The van der Waals surface area contributed by atoms with Crippen molar-refractivity contribution in [1.29, 1.82) is 0 Å². The molecule has 4 heteroatoms. The molecule has 1 unspecified atom stereocenters. The fraction of sp³-hybridized carbons (Fsp3) is 0.417. The summed E-state index contributed by atoms with van der Waals surface area (Å²) in [6.07, 6.45) is 0. The molecule has 88 valence electrons. The number of alkyl halides is 2. The molecule has 0 aliphatic carbocycles. The van der Waals surface area contributed by atoms with E-state index in [-0.39, 0.29) is 10.6 Å². The first-order valence-corrected chi connectivity index (χ1v) is 7.13. The third-order valence-corrected chi connectivity index (χ3v) is 3.18. The van der Waals surface area contributed by atoms with Gasteiger partial charge >= 0.3 is 0 Å². The monoisotopic (exact) mass is 348 g/mol. The zero-order valence-corrected chi connectivity index (χ0v) is 12.5. The fourth-order valence-electron chi connectivity index (χ4n) is 1.37. The van der Waals surface area contributed by atoms with Gasteiger partial charge in [-0.15, -0.1) is 0 Å². The van der Waals surface area contributed by atoms with Gasteiger partial charge in [0.15, 0.2) is 5.78 Å². The molecular formula is C12H14Br2O2. The summed E-state index contributed by atoms with van der Waals surface area (Å²) < 4.78 is 5.39. The minimum atomic E-state index is -0.179. The summed E-state index contributed by atoms with van der Waals surface area (Å²) in [5.74, 6) is 0.819. The van der Waals surface area contributed by atoms with Gasteiger partial charge in [-0.05, 0) is 31.5 Å². The van der Waals surface area contributed by atoms with Gasteiger partial charge in [0.25, 0.3) is 0 Å². The van der Waals surface area contributed by atoms with Crippen molar-refractivity contribution in [2.45, 2.75) is 24.0 Å². The topological polar surface area (TPSA) is 26.3 Å². The zero-order chi connectivity index (χ0) is 12.1. The van der Waals surface area contributed by atoms with Crippen LogP contribution >= 0.6 is 31.9 Å². The highest BCUT2D eigenvalue weighted by Gasteiger charge is 2.16. The molecule has 1 rings (SSSR count). The van der Waals surface area contributed by atoms with Crippen LogP contribution in [0.15, 0.2) is 18.2 Å². The predicted octanol–water partition coefficient (Wildman–Crippen LogP) is 3.95. The van der Waals surface area contributed by atoms with Crippen LogP contribution in [-0.4, -0.2) is 17.2 Å². The van der Waals surface area contributed by atoms with Crippen molar-refractivity contribution in [2.75, 3.05) is 6.61 Å². The number of carbonyl (C=O) groups excluding carboxylic acids is 1. The molecule has 1 aromatic carbocycles. The van der Waals surface area contributed by atoms with Crippen LogP contribution in [0.5, 0.6) is 5.75 Å². The van der Waals surface area contributed by atoms with Crippen molar-refractivity contribution in [3.63, 3.8) is 0 Å². The lowest BCUT2D eigenvalue weighted by molar-refractivity contribution is 0.0995. The Labute approximate surface area is 113 Å². The molecule has 0 saturated carbocycles. The third-order valence-electron chi connectivity index (χ3n) is 2.16. The van der Waals surface area contributed by atoms with Gasteiger partial charge in [0.05, 0.1) is 11.4 Å². The lowest BCUT2D eigenvalue weighted by Gasteiger charge is -2.10. The Morgan fingerprint density at radius 2 is 2.19 bits per heavy atom. The number of ketones is 1. The van der Waals surface area contributed by atoms with Crippen LogP contribution in [0.25, 0.3) is 0 Å². The first-order chi connectivity index (χ1) is 7.60. The summed E-state index contributed by atoms with van der Waals surface area (Å²) in [5, 5.41) is 0.667. The summed E-state index contributed by atoms with van der Waals surface area (Å²) in [6, 6.07) is 5.61. The molecule has 1 atom stereocenters. The van der Waals surface area contributed by atoms with Crippen molar-refractivity contribution in [1.82, 2.24) is 0 Å². The Hall–Kier alpha value is -0.350. The van der Waals surface area contributed by atoms with Gasteiger partial charge in [0, 0.05) is 10.9 Å². The molecule has 0 saturated heterocycles. The highest BCUT2D eigenvalue weighted by molar-refractivity contribution is 9.10. The van der Waals surface area contributed by atoms with Crippen LogP contribution in [0.1, 0.15) is 29.8 Å². The summed E-state index contributed by atoms with van der Waals surface area (Å²) in [7, 11) is 0. The standard InChI is InChI=1S/C12H14Br2O2/c1-3-16-10-5-4-9(7-13)11(6-10)12(15)8(2)14/h4-6,8H,3,7H2,1-2H3. The second kappa shape index (κ2) is 6.40. The molecule has 0 aliphatic rings. The second-order valence-corrected chi connectivity index (χ2v) is 5.30. The Morgan fingerprint density at radius 3 is 2.69 bits per heavy atom. The van der Waals surface area contributed by atoms with Gasteiger partial charge in [-0.2, -0.15) is 0 Å². The first-order valence-electron chi connectivity index (χ1n) is 5.10. The van der Waals surface area contributed by atoms with Crippen LogP contribution in [0.2, 0.25) is 0 Å². The normalized spacial score (nSPS) is 12.2. The Bertz CT molecular complexity index is 375. The number of ether oxygens (including phenoxy) is 1. The summed E-state index contributed by atoms with van der Waals surface area (Å²) in [6.45, 7) is 4.35. The van der Waals surface area contributed by atoms with E-state index in [4.69, 9.17) is 4.74 Å². The van der Waals surface area contributed by atoms with E-state index < -0.39 is 0 Å². The molecule has 0 heterocycles. The average molecular weight is 350 g/mol. The van der Waals surface area contributed by atoms with E-state index >= 15 is 0 Å². The quantitative estimate of drug-likeness (QED) is 0.594. The highest BCUT2D eigenvalue weighted by Crippen LogP contribution is 2.23. The zero-order valence-electron chi connectivity index (χ0n) is 9.30. The maximum absolute atomic E-state index is 12.0. The van der Waals surface area contributed by atoms with Crippen molar-refractivity contribution < 1.29 is 9.53 Å². The number of Topliss-reactive ketones (excluding diaryl/α,β-unsaturated/α-hetero) is 1. The van der Waals surface area contributed by atoms with Gasteiger partial charge < -0.3 is 4.74 Å². The molecule has 0 aromatic heterocycles. The number of rotatable bonds is 5. The molecule has 2 nitrogen and oxygen atoms in total. The number of halogens is 2. The van der Waals surface area contributed by atoms with Crippen molar-refractivity contribution >= 4 is 37.6 Å². The van der Waals surface area contributed by atoms with Crippen molar-refractivity contribution in [3.8, 4) is 5.75 Å². The van der Waals surface area contributed by atoms with E-state index in [9.17, 15) is 4.79 Å².